The van der Waals surface area contributed by atoms with Gasteiger partial charge in [0.2, 0.25) is 0 Å². The number of methoxy groups -OCH3 is 1. The highest BCUT2D eigenvalue weighted by molar-refractivity contribution is 5.30. The molecule has 1 aromatic carbocycles. The summed E-state index contributed by atoms with van der Waals surface area (Å²) < 4.78 is 5.22. The summed E-state index contributed by atoms with van der Waals surface area (Å²) in [5.74, 6) is 0.795. The van der Waals surface area contributed by atoms with E-state index in [0.29, 0.717) is 6.04 Å². The Balaban J connectivity index is 1.94. The van der Waals surface area contributed by atoms with Crippen LogP contribution < -0.4 is 10.1 Å². The third-order valence-corrected chi connectivity index (χ3v) is 4.26. The molecule has 0 aliphatic heterocycles. The van der Waals surface area contributed by atoms with Gasteiger partial charge in [0.15, 0.2) is 0 Å². The monoisotopic (exact) mass is 277 g/mol. The molecule has 1 aromatic rings. The van der Waals surface area contributed by atoms with Crippen LogP contribution in [0.1, 0.15) is 57.1 Å². The molecular formula is C17H27NO2. The van der Waals surface area contributed by atoms with Crippen molar-refractivity contribution in [2.24, 2.45) is 0 Å². The van der Waals surface area contributed by atoms with Crippen LogP contribution in [0.4, 0.5) is 0 Å². The zero-order chi connectivity index (χ0) is 14.4. The van der Waals surface area contributed by atoms with Gasteiger partial charge in [-0.3, -0.25) is 0 Å². The van der Waals surface area contributed by atoms with Gasteiger partial charge in [0.05, 0.1) is 13.2 Å². The molecule has 1 fully saturated rings. The fourth-order valence-electron chi connectivity index (χ4n) is 3.02. The van der Waals surface area contributed by atoms with Gasteiger partial charge in [-0.15, -0.1) is 0 Å². The molecule has 2 rings (SSSR count). The van der Waals surface area contributed by atoms with Crippen molar-refractivity contribution in [1.82, 2.24) is 5.32 Å². The third kappa shape index (κ3) is 4.22. The number of nitrogens with one attached hydrogen (secondary N) is 1. The molecule has 0 heterocycles. The Labute approximate surface area is 122 Å². The molecule has 0 amide bonds. The van der Waals surface area contributed by atoms with Gasteiger partial charge in [0, 0.05) is 12.1 Å². The Morgan fingerprint density at radius 3 is 2.55 bits per heavy atom. The van der Waals surface area contributed by atoms with Gasteiger partial charge in [-0.05, 0) is 37.5 Å². The average Bonchev–Trinajstić information content (AvgIpc) is 2.75. The number of benzene rings is 1. The topological polar surface area (TPSA) is 41.5 Å². The first-order valence-electron chi connectivity index (χ1n) is 7.79. The maximum absolute atomic E-state index is 10.5. The van der Waals surface area contributed by atoms with Crippen LogP contribution in [-0.2, 0) is 0 Å². The summed E-state index contributed by atoms with van der Waals surface area (Å²) in [4.78, 5) is 0. The number of aliphatic hydroxyl groups is 1. The standard InChI is InChI=1S/C17H27NO2/c1-13(18-15-9-5-3-4-6-10-15)17(19)14-8-7-11-16(12-14)20-2/h7-8,11-13,15,17-19H,3-6,9-10H2,1-2H3. The van der Waals surface area contributed by atoms with Crippen LogP contribution in [0.25, 0.3) is 0 Å². The highest BCUT2D eigenvalue weighted by Gasteiger charge is 2.21. The van der Waals surface area contributed by atoms with Gasteiger partial charge in [-0.25, -0.2) is 0 Å². The Bertz CT molecular complexity index is 400. The van der Waals surface area contributed by atoms with Crippen LogP contribution in [0.5, 0.6) is 5.75 Å². The van der Waals surface area contributed by atoms with E-state index in [1.54, 1.807) is 7.11 Å². The van der Waals surface area contributed by atoms with E-state index in [0.717, 1.165) is 11.3 Å². The van der Waals surface area contributed by atoms with Crippen LogP contribution in [0.2, 0.25) is 0 Å². The maximum Gasteiger partial charge on any atom is 0.119 e. The highest BCUT2D eigenvalue weighted by atomic mass is 16.5. The largest absolute Gasteiger partial charge is 0.497 e. The van der Waals surface area contributed by atoms with E-state index < -0.39 is 6.10 Å². The summed E-state index contributed by atoms with van der Waals surface area (Å²) >= 11 is 0. The zero-order valence-electron chi connectivity index (χ0n) is 12.6. The van der Waals surface area contributed by atoms with Crippen molar-refractivity contribution < 1.29 is 9.84 Å². The molecule has 0 aromatic heterocycles. The molecule has 2 N–H and O–H groups in total. The van der Waals surface area contributed by atoms with Gasteiger partial charge in [0.1, 0.15) is 5.75 Å². The lowest BCUT2D eigenvalue weighted by molar-refractivity contribution is 0.127. The molecule has 2 atom stereocenters. The third-order valence-electron chi connectivity index (χ3n) is 4.26. The molecule has 1 aliphatic carbocycles. The van der Waals surface area contributed by atoms with Crippen molar-refractivity contribution in [1.29, 1.82) is 0 Å². The molecule has 0 saturated heterocycles. The predicted molar refractivity (Wildman–Crippen MR) is 82.0 cm³/mol. The van der Waals surface area contributed by atoms with Crippen molar-refractivity contribution in [3.05, 3.63) is 29.8 Å². The summed E-state index contributed by atoms with van der Waals surface area (Å²) in [5.41, 5.74) is 0.915. The second-order valence-corrected chi connectivity index (χ2v) is 5.87. The minimum Gasteiger partial charge on any atom is -0.497 e. The molecule has 0 bridgehead atoms. The molecule has 112 valence electrons. The van der Waals surface area contributed by atoms with Gasteiger partial charge < -0.3 is 15.2 Å². The normalized spacial score (nSPS) is 20.1. The Kier molecular flexibility index (Phi) is 5.86. The number of hydrogen-bond acceptors (Lipinski definition) is 3. The van der Waals surface area contributed by atoms with Crippen LogP contribution in [0, 0.1) is 0 Å². The summed E-state index contributed by atoms with van der Waals surface area (Å²) in [7, 11) is 1.65. The predicted octanol–water partition coefficient (Wildman–Crippen LogP) is 3.43. The molecule has 2 unspecified atom stereocenters. The van der Waals surface area contributed by atoms with Crippen LogP contribution in [0.3, 0.4) is 0 Å². The molecule has 0 radical (unpaired) electrons. The van der Waals surface area contributed by atoms with Gasteiger partial charge in [-0.1, -0.05) is 37.8 Å². The lowest BCUT2D eigenvalue weighted by Crippen LogP contribution is -2.39. The van der Waals surface area contributed by atoms with Crippen molar-refractivity contribution in [3.8, 4) is 5.75 Å². The zero-order valence-corrected chi connectivity index (χ0v) is 12.6. The Morgan fingerprint density at radius 1 is 1.20 bits per heavy atom. The van der Waals surface area contributed by atoms with Gasteiger partial charge >= 0.3 is 0 Å². The lowest BCUT2D eigenvalue weighted by Gasteiger charge is -2.26. The van der Waals surface area contributed by atoms with Crippen LogP contribution in [-0.4, -0.2) is 24.3 Å². The number of ether oxygens (including phenoxy) is 1. The molecule has 3 heteroatoms. The van der Waals surface area contributed by atoms with Crippen molar-refractivity contribution in [2.45, 2.75) is 63.6 Å². The van der Waals surface area contributed by atoms with Crippen molar-refractivity contribution in [3.63, 3.8) is 0 Å². The number of rotatable bonds is 5. The second kappa shape index (κ2) is 7.65. The van der Waals surface area contributed by atoms with E-state index in [-0.39, 0.29) is 6.04 Å². The fourth-order valence-corrected chi connectivity index (χ4v) is 3.02. The summed E-state index contributed by atoms with van der Waals surface area (Å²) in [6.07, 6.45) is 7.29. The van der Waals surface area contributed by atoms with Gasteiger partial charge in [0.25, 0.3) is 0 Å². The molecule has 1 saturated carbocycles. The van der Waals surface area contributed by atoms with Crippen LogP contribution >= 0.6 is 0 Å². The van der Waals surface area contributed by atoms with Crippen molar-refractivity contribution in [2.75, 3.05) is 7.11 Å². The van der Waals surface area contributed by atoms with E-state index in [9.17, 15) is 5.11 Å². The smallest absolute Gasteiger partial charge is 0.119 e. The summed E-state index contributed by atoms with van der Waals surface area (Å²) in [5, 5.41) is 14.1. The molecule has 20 heavy (non-hydrogen) atoms. The number of aliphatic hydroxyl groups excluding tert-OH is 1. The minimum absolute atomic E-state index is 0.0604. The first-order valence-corrected chi connectivity index (χ1v) is 7.79. The molecule has 1 aliphatic rings. The fraction of sp³-hybridized carbons (Fsp3) is 0.647. The van der Waals surface area contributed by atoms with Gasteiger partial charge in [-0.2, -0.15) is 0 Å². The minimum atomic E-state index is -0.492. The van der Waals surface area contributed by atoms with E-state index >= 15 is 0 Å². The first-order chi connectivity index (χ1) is 9.70. The highest BCUT2D eigenvalue weighted by Crippen LogP contribution is 2.23. The first kappa shape index (κ1) is 15.3. The molecular weight excluding hydrogens is 250 g/mol. The maximum atomic E-state index is 10.5. The Morgan fingerprint density at radius 2 is 1.90 bits per heavy atom. The van der Waals surface area contributed by atoms with Crippen molar-refractivity contribution >= 4 is 0 Å². The summed E-state index contributed by atoms with van der Waals surface area (Å²) in [6, 6.07) is 8.31. The van der Waals surface area contributed by atoms with E-state index in [1.165, 1.54) is 38.5 Å². The quantitative estimate of drug-likeness (QED) is 0.810. The Hall–Kier alpha value is -1.06. The average molecular weight is 277 g/mol. The van der Waals surface area contributed by atoms with E-state index in [4.69, 9.17) is 4.74 Å². The van der Waals surface area contributed by atoms with E-state index in [2.05, 4.69) is 12.2 Å². The molecule has 0 spiro atoms. The second-order valence-electron chi connectivity index (χ2n) is 5.87. The SMILES string of the molecule is COc1cccc(C(O)C(C)NC2CCCCCC2)c1. The van der Waals surface area contributed by atoms with E-state index in [1.807, 2.05) is 24.3 Å². The lowest BCUT2D eigenvalue weighted by atomic mass is 10.0. The number of hydrogen-bond donors (Lipinski definition) is 2. The molecule has 3 nitrogen and oxygen atoms in total. The summed E-state index contributed by atoms with van der Waals surface area (Å²) in [6.45, 7) is 2.06. The van der Waals surface area contributed by atoms with Crippen LogP contribution in [0.15, 0.2) is 24.3 Å².